The van der Waals surface area contributed by atoms with Crippen LogP contribution in [0.2, 0.25) is 0 Å². The van der Waals surface area contributed by atoms with E-state index in [4.69, 9.17) is 4.42 Å². The van der Waals surface area contributed by atoms with Crippen LogP contribution in [0.25, 0.3) is 0 Å². The second-order valence-corrected chi connectivity index (χ2v) is 6.70. The van der Waals surface area contributed by atoms with Gasteiger partial charge >= 0.3 is 0 Å². The van der Waals surface area contributed by atoms with Gasteiger partial charge in [-0.1, -0.05) is 0 Å². The fraction of sp³-hybridized carbons (Fsp3) is 0.667. The van der Waals surface area contributed by atoms with Crippen LogP contribution in [0, 0.1) is 6.92 Å². The third-order valence-corrected chi connectivity index (χ3v) is 5.57. The summed E-state index contributed by atoms with van der Waals surface area (Å²) in [5.41, 5.74) is 0. The molecule has 2 rings (SSSR count). The van der Waals surface area contributed by atoms with Crippen molar-refractivity contribution in [3.05, 3.63) is 23.7 Å². The van der Waals surface area contributed by atoms with Crippen molar-refractivity contribution in [3.8, 4) is 0 Å². The zero-order valence-corrected chi connectivity index (χ0v) is 11.5. The summed E-state index contributed by atoms with van der Waals surface area (Å²) >= 11 is 4.16. The first-order valence-corrected chi connectivity index (χ1v) is 7.95. The minimum Gasteiger partial charge on any atom is -0.465 e. The second-order valence-electron chi connectivity index (χ2n) is 4.15. The lowest BCUT2D eigenvalue weighted by atomic mass is 10.2. The summed E-state index contributed by atoms with van der Waals surface area (Å²) in [5, 5.41) is 4.32. The lowest BCUT2D eigenvalue weighted by Gasteiger charge is -2.22. The molecule has 1 aliphatic rings. The highest BCUT2D eigenvalue weighted by molar-refractivity contribution is 8.06. The largest absolute Gasteiger partial charge is 0.465 e. The maximum absolute atomic E-state index is 5.61. The molecule has 0 radical (unpaired) electrons. The number of aryl methyl sites for hydroxylation is 1. The van der Waals surface area contributed by atoms with E-state index in [0.717, 1.165) is 23.3 Å². The molecule has 0 saturated carbocycles. The number of rotatable bonds is 4. The molecule has 1 N–H and O–H groups in total. The summed E-state index contributed by atoms with van der Waals surface area (Å²) in [6, 6.07) is 4.41. The van der Waals surface area contributed by atoms with Crippen molar-refractivity contribution in [2.24, 2.45) is 0 Å². The predicted octanol–water partition coefficient (Wildman–Crippen LogP) is 3.09. The van der Waals surface area contributed by atoms with Crippen LogP contribution in [-0.4, -0.2) is 29.1 Å². The van der Waals surface area contributed by atoms with E-state index >= 15 is 0 Å². The van der Waals surface area contributed by atoms with E-state index in [0.29, 0.717) is 6.04 Å². The first-order chi connectivity index (χ1) is 7.75. The van der Waals surface area contributed by atoms with Crippen molar-refractivity contribution in [3.63, 3.8) is 0 Å². The summed E-state index contributed by atoms with van der Waals surface area (Å²) < 4.78 is 5.61. The number of furan rings is 1. The second kappa shape index (κ2) is 6.03. The molecule has 2 nitrogen and oxygen atoms in total. The Bertz CT molecular complexity index is 321. The van der Waals surface area contributed by atoms with Gasteiger partial charge in [-0.3, -0.25) is 0 Å². The maximum atomic E-state index is 5.61. The van der Waals surface area contributed by atoms with Crippen molar-refractivity contribution < 1.29 is 4.42 Å². The molecule has 2 unspecified atom stereocenters. The first kappa shape index (κ1) is 12.4. The minimum atomic E-state index is 0.321. The molecule has 0 aromatic carbocycles. The van der Waals surface area contributed by atoms with Crippen LogP contribution < -0.4 is 5.32 Å². The van der Waals surface area contributed by atoms with E-state index < -0.39 is 0 Å². The molecule has 90 valence electrons. The van der Waals surface area contributed by atoms with Crippen molar-refractivity contribution in [1.82, 2.24) is 5.32 Å². The normalized spacial score (nSPS) is 23.2. The molecule has 1 aromatic rings. The van der Waals surface area contributed by atoms with Crippen LogP contribution in [0.3, 0.4) is 0 Å². The van der Waals surface area contributed by atoms with Gasteiger partial charge in [0.2, 0.25) is 0 Å². The van der Waals surface area contributed by atoms with E-state index in [-0.39, 0.29) is 0 Å². The van der Waals surface area contributed by atoms with Gasteiger partial charge in [-0.25, -0.2) is 0 Å². The molecule has 2 atom stereocenters. The van der Waals surface area contributed by atoms with Crippen molar-refractivity contribution in [2.75, 3.05) is 23.8 Å². The van der Waals surface area contributed by atoms with Gasteiger partial charge in [0.15, 0.2) is 0 Å². The zero-order chi connectivity index (χ0) is 11.4. The summed E-state index contributed by atoms with van der Waals surface area (Å²) in [6.45, 7) is 5.24. The Balaban J connectivity index is 1.76. The molecule has 0 aliphatic carbocycles. The van der Waals surface area contributed by atoms with Crippen molar-refractivity contribution >= 4 is 23.5 Å². The number of thioether (sulfide) groups is 2. The van der Waals surface area contributed by atoms with Crippen LogP contribution in [0.15, 0.2) is 16.5 Å². The number of nitrogens with one attached hydrogen (secondary N) is 1. The molecule has 0 bridgehead atoms. The van der Waals surface area contributed by atoms with Gasteiger partial charge in [0.1, 0.15) is 11.5 Å². The summed E-state index contributed by atoms with van der Waals surface area (Å²) in [7, 11) is 0. The molecule has 0 amide bonds. The van der Waals surface area contributed by atoms with E-state index in [2.05, 4.69) is 41.8 Å². The standard InChI is InChI=1S/C12H19NOS2/c1-9-3-4-12(14-9)10(2)13-7-11-8-15-5-6-16-11/h3-4,10-11,13H,5-8H2,1-2H3. The van der Waals surface area contributed by atoms with Gasteiger partial charge in [-0.2, -0.15) is 23.5 Å². The quantitative estimate of drug-likeness (QED) is 0.896. The summed E-state index contributed by atoms with van der Waals surface area (Å²) in [5.74, 6) is 5.93. The van der Waals surface area contributed by atoms with Gasteiger partial charge < -0.3 is 9.73 Å². The van der Waals surface area contributed by atoms with Crippen molar-refractivity contribution in [2.45, 2.75) is 25.1 Å². The van der Waals surface area contributed by atoms with E-state index in [1.54, 1.807) is 0 Å². The fourth-order valence-corrected chi connectivity index (χ4v) is 4.37. The molecule has 1 aliphatic heterocycles. The third-order valence-electron chi connectivity index (χ3n) is 2.72. The smallest absolute Gasteiger partial charge is 0.120 e. The van der Waals surface area contributed by atoms with Crippen molar-refractivity contribution in [1.29, 1.82) is 0 Å². The molecule has 16 heavy (non-hydrogen) atoms. The molecule has 1 aromatic heterocycles. The highest BCUT2D eigenvalue weighted by Crippen LogP contribution is 2.24. The number of hydrogen-bond donors (Lipinski definition) is 1. The Kier molecular flexibility index (Phi) is 4.67. The van der Waals surface area contributed by atoms with Gasteiger partial charge in [0, 0.05) is 29.1 Å². The summed E-state index contributed by atoms with van der Waals surface area (Å²) in [6.07, 6.45) is 0. The Morgan fingerprint density at radius 1 is 1.50 bits per heavy atom. The Morgan fingerprint density at radius 2 is 2.38 bits per heavy atom. The van der Waals surface area contributed by atoms with Crippen LogP contribution in [0.1, 0.15) is 24.5 Å². The Labute approximate surface area is 106 Å². The Hall–Kier alpha value is -0.0600. The molecular weight excluding hydrogens is 238 g/mol. The lowest BCUT2D eigenvalue weighted by Crippen LogP contribution is -2.30. The molecule has 4 heteroatoms. The SMILES string of the molecule is Cc1ccc(C(C)NCC2CSCCS2)o1. The Morgan fingerprint density at radius 3 is 3.00 bits per heavy atom. The molecule has 2 heterocycles. The van der Waals surface area contributed by atoms with E-state index in [1.165, 1.54) is 17.3 Å². The van der Waals surface area contributed by atoms with Crippen LogP contribution in [0.4, 0.5) is 0 Å². The highest BCUT2D eigenvalue weighted by Gasteiger charge is 2.16. The van der Waals surface area contributed by atoms with E-state index in [1.807, 2.05) is 13.0 Å². The zero-order valence-electron chi connectivity index (χ0n) is 9.86. The maximum Gasteiger partial charge on any atom is 0.120 e. The lowest BCUT2D eigenvalue weighted by molar-refractivity contribution is 0.418. The van der Waals surface area contributed by atoms with Crippen LogP contribution in [-0.2, 0) is 0 Å². The summed E-state index contributed by atoms with van der Waals surface area (Å²) in [4.78, 5) is 0. The highest BCUT2D eigenvalue weighted by atomic mass is 32.2. The van der Waals surface area contributed by atoms with Gasteiger partial charge in [0.05, 0.1) is 6.04 Å². The first-order valence-electron chi connectivity index (χ1n) is 5.75. The molecule has 1 saturated heterocycles. The number of hydrogen-bond acceptors (Lipinski definition) is 4. The van der Waals surface area contributed by atoms with Gasteiger partial charge in [-0.15, -0.1) is 0 Å². The third kappa shape index (κ3) is 3.47. The average Bonchev–Trinajstić information content (AvgIpc) is 2.74. The minimum absolute atomic E-state index is 0.321. The predicted molar refractivity (Wildman–Crippen MR) is 73.4 cm³/mol. The topological polar surface area (TPSA) is 25.2 Å². The molecular formula is C12H19NOS2. The van der Waals surface area contributed by atoms with Gasteiger partial charge in [-0.05, 0) is 26.0 Å². The monoisotopic (exact) mass is 257 g/mol. The fourth-order valence-electron chi connectivity index (χ4n) is 1.75. The average molecular weight is 257 g/mol. The van der Waals surface area contributed by atoms with E-state index in [9.17, 15) is 0 Å². The molecule has 0 spiro atoms. The van der Waals surface area contributed by atoms with Gasteiger partial charge in [0.25, 0.3) is 0 Å². The molecule has 1 fully saturated rings. The van der Waals surface area contributed by atoms with Crippen LogP contribution in [0.5, 0.6) is 0 Å². The van der Waals surface area contributed by atoms with Crippen LogP contribution >= 0.6 is 23.5 Å².